The lowest BCUT2D eigenvalue weighted by molar-refractivity contribution is 0.273. The van der Waals surface area contributed by atoms with E-state index >= 15 is 0 Å². The fraction of sp³-hybridized carbons (Fsp3) is 0.429. The summed E-state index contributed by atoms with van der Waals surface area (Å²) >= 11 is 0. The Labute approximate surface area is 119 Å². The zero-order chi connectivity index (χ0) is 14.8. The number of hydrogen-bond acceptors (Lipinski definition) is 4. The molecule has 1 aromatic carbocycles. The number of benzene rings is 1. The largest absolute Gasteiger partial charge is 0.496 e. The monoisotopic (exact) mass is 297 g/mol. The van der Waals surface area contributed by atoms with Crippen LogP contribution in [0.15, 0.2) is 34.7 Å². The van der Waals surface area contributed by atoms with E-state index in [-0.39, 0.29) is 11.5 Å². The van der Waals surface area contributed by atoms with Gasteiger partial charge in [0.15, 0.2) is 0 Å². The lowest BCUT2D eigenvalue weighted by Crippen LogP contribution is -2.35. The van der Waals surface area contributed by atoms with Crippen LogP contribution in [0.5, 0.6) is 5.75 Å². The van der Waals surface area contributed by atoms with Crippen LogP contribution in [0.25, 0.3) is 0 Å². The van der Waals surface area contributed by atoms with Crippen molar-refractivity contribution in [1.29, 1.82) is 0 Å². The van der Waals surface area contributed by atoms with Crippen molar-refractivity contribution in [3.8, 4) is 5.75 Å². The number of aliphatic hydroxyl groups is 1. The van der Waals surface area contributed by atoms with Crippen molar-refractivity contribution < 1.29 is 18.3 Å². The molecule has 0 radical (unpaired) electrons. The molecule has 0 aromatic heterocycles. The molecular formula is C14H19NO4S. The van der Waals surface area contributed by atoms with Gasteiger partial charge in [0.25, 0.3) is 0 Å². The van der Waals surface area contributed by atoms with E-state index < -0.39 is 10.0 Å². The molecule has 5 nitrogen and oxygen atoms in total. The normalized spacial score (nSPS) is 16.9. The second kappa shape index (κ2) is 5.95. The van der Waals surface area contributed by atoms with E-state index in [9.17, 15) is 13.5 Å². The first-order valence-electron chi connectivity index (χ1n) is 6.42. The molecule has 0 saturated carbocycles. The minimum absolute atomic E-state index is 0.192. The average Bonchev–Trinajstić information content (AvgIpc) is 2.46. The van der Waals surface area contributed by atoms with Crippen molar-refractivity contribution in [2.75, 3.05) is 20.2 Å². The lowest BCUT2D eigenvalue weighted by Gasteiger charge is -2.25. The third kappa shape index (κ3) is 2.87. The van der Waals surface area contributed by atoms with Gasteiger partial charge in [-0.3, -0.25) is 0 Å². The molecule has 0 spiro atoms. The SMILES string of the molecule is COc1ccc(S(=O)(=O)N2CCC=C(C)C2)cc1CO. The molecule has 0 fully saturated rings. The third-order valence-corrected chi connectivity index (χ3v) is 5.20. The van der Waals surface area contributed by atoms with Crippen molar-refractivity contribution >= 4 is 10.0 Å². The Morgan fingerprint density at radius 1 is 1.40 bits per heavy atom. The number of nitrogens with zero attached hydrogens (tertiary/aromatic N) is 1. The molecule has 0 amide bonds. The van der Waals surface area contributed by atoms with Gasteiger partial charge in [0.1, 0.15) is 5.75 Å². The van der Waals surface area contributed by atoms with Crippen LogP contribution in [0.3, 0.4) is 0 Å². The van der Waals surface area contributed by atoms with Gasteiger partial charge >= 0.3 is 0 Å². The molecule has 1 aliphatic heterocycles. The predicted molar refractivity (Wildman–Crippen MR) is 76.0 cm³/mol. The zero-order valence-corrected chi connectivity index (χ0v) is 12.5. The number of ether oxygens (including phenoxy) is 1. The lowest BCUT2D eigenvalue weighted by atomic mass is 10.2. The third-order valence-electron chi connectivity index (χ3n) is 3.36. The van der Waals surface area contributed by atoms with Gasteiger partial charge in [0, 0.05) is 18.7 Å². The molecule has 0 saturated heterocycles. The Balaban J connectivity index is 2.37. The molecule has 0 unspecified atom stereocenters. The minimum Gasteiger partial charge on any atom is -0.496 e. The maximum atomic E-state index is 12.6. The van der Waals surface area contributed by atoms with E-state index in [1.807, 2.05) is 6.92 Å². The summed E-state index contributed by atoms with van der Waals surface area (Å²) in [5, 5.41) is 9.29. The van der Waals surface area contributed by atoms with E-state index in [0.29, 0.717) is 24.4 Å². The van der Waals surface area contributed by atoms with Crippen LogP contribution in [0.1, 0.15) is 18.9 Å². The number of hydrogen-bond donors (Lipinski definition) is 1. The molecule has 1 N–H and O–H groups in total. The molecule has 0 aliphatic carbocycles. The highest BCUT2D eigenvalue weighted by atomic mass is 32.2. The molecule has 110 valence electrons. The van der Waals surface area contributed by atoms with Crippen LogP contribution in [0, 0.1) is 0 Å². The summed E-state index contributed by atoms with van der Waals surface area (Å²) in [7, 11) is -2.04. The van der Waals surface area contributed by atoms with Gasteiger partial charge in [-0.1, -0.05) is 11.6 Å². The van der Waals surface area contributed by atoms with E-state index in [4.69, 9.17) is 4.74 Å². The summed E-state index contributed by atoms with van der Waals surface area (Å²) in [6.07, 6.45) is 2.78. The first-order valence-corrected chi connectivity index (χ1v) is 7.86. The molecule has 0 atom stereocenters. The van der Waals surface area contributed by atoms with Crippen molar-refractivity contribution in [3.63, 3.8) is 0 Å². The smallest absolute Gasteiger partial charge is 0.243 e. The van der Waals surface area contributed by atoms with E-state index in [2.05, 4.69) is 6.08 Å². The summed E-state index contributed by atoms with van der Waals surface area (Å²) in [6.45, 7) is 2.57. The quantitative estimate of drug-likeness (QED) is 0.856. The summed E-state index contributed by atoms with van der Waals surface area (Å²) in [4.78, 5) is 0.192. The topological polar surface area (TPSA) is 66.8 Å². The Morgan fingerprint density at radius 3 is 2.75 bits per heavy atom. The average molecular weight is 297 g/mol. The number of methoxy groups -OCH3 is 1. The highest BCUT2D eigenvalue weighted by Crippen LogP contribution is 2.26. The Hall–Kier alpha value is -1.37. The summed E-state index contributed by atoms with van der Waals surface area (Å²) in [5.41, 5.74) is 1.52. The number of sulfonamides is 1. The van der Waals surface area contributed by atoms with Gasteiger partial charge in [-0.2, -0.15) is 4.31 Å². The summed E-state index contributed by atoms with van der Waals surface area (Å²) < 4.78 is 31.7. The Bertz CT molecular complexity index is 622. The maximum absolute atomic E-state index is 12.6. The maximum Gasteiger partial charge on any atom is 0.243 e. The van der Waals surface area contributed by atoms with Crippen LogP contribution < -0.4 is 4.74 Å². The number of rotatable bonds is 4. The van der Waals surface area contributed by atoms with Gasteiger partial charge in [-0.05, 0) is 31.5 Å². The minimum atomic E-state index is -3.53. The first-order chi connectivity index (χ1) is 9.48. The predicted octanol–water partition coefficient (Wildman–Crippen LogP) is 1.53. The number of aliphatic hydroxyl groups excluding tert-OH is 1. The van der Waals surface area contributed by atoms with Gasteiger partial charge in [-0.15, -0.1) is 0 Å². The first kappa shape index (κ1) is 15.0. The molecule has 2 rings (SSSR count). The van der Waals surface area contributed by atoms with E-state index in [1.165, 1.54) is 23.5 Å². The summed E-state index contributed by atoms with van der Waals surface area (Å²) in [5.74, 6) is 0.487. The van der Waals surface area contributed by atoms with Crippen LogP contribution in [-0.4, -0.2) is 38.0 Å². The van der Waals surface area contributed by atoms with Gasteiger partial charge in [0.2, 0.25) is 10.0 Å². The van der Waals surface area contributed by atoms with Crippen LogP contribution in [0.2, 0.25) is 0 Å². The standard InChI is InChI=1S/C14H19NO4S/c1-11-4-3-7-15(9-11)20(17,18)13-5-6-14(19-2)12(8-13)10-16/h4-6,8,16H,3,7,9-10H2,1-2H3. The Morgan fingerprint density at radius 2 is 2.15 bits per heavy atom. The second-order valence-electron chi connectivity index (χ2n) is 4.81. The van der Waals surface area contributed by atoms with Gasteiger partial charge < -0.3 is 9.84 Å². The molecule has 20 heavy (non-hydrogen) atoms. The fourth-order valence-corrected chi connectivity index (χ4v) is 3.82. The molecular weight excluding hydrogens is 278 g/mol. The molecule has 1 aliphatic rings. The fourth-order valence-electron chi connectivity index (χ4n) is 2.27. The van der Waals surface area contributed by atoms with Crippen molar-refractivity contribution in [1.82, 2.24) is 4.31 Å². The molecule has 6 heteroatoms. The van der Waals surface area contributed by atoms with Crippen molar-refractivity contribution in [3.05, 3.63) is 35.4 Å². The highest BCUT2D eigenvalue weighted by molar-refractivity contribution is 7.89. The van der Waals surface area contributed by atoms with Crippen molar-refractivity contribution in [2.45, 2.75) is 24.8 Å². The van der Waals surface area contributed by atoms with Gasteiger partial charge in [0.05, 0.1) is 18.6 Å². The van der Waals surface area contributed by atoms with Gasteiger partial charge in [-0.25, -0.2) is 8.42 Å². The Kier molecular flexibility index (Phi) is 4.47. The summed E-state index contributed by atoms with van der Waals surface area (Å²) in [6, 6.07) is 4.56. The molecule has 1 heterocycles. The van der Waals surface area contributed by atoms with E-state index in [1.54, 1.807) is 6.07 Å². The second-order valence-corrected chi connectivity index (χ2v) is 6.75. The van der Waals surface area contributed by atoms with E-state index in [0.717, 1.165) is 12.0 Å². The molecule has 0 bridgehead atoms. The zero-order valence-electron chi connectivity index (χ0n) is 11.7. The molecule has 1 aromatic rings. The van der Waals surface area contributed by atoms with Crippen LogP contribution in [-0.2, 0) is 16.6 Å². The van der Waals surface area contributed by atoms with Crippen LogP contribution >= 0.6 is 0 Å². The van der Waals surface area contributed by atoms with Crippen LogP contribution in [0.4, 0.5) is 0 Å². The highest BCUT2D eigenvalue weighted by Gasteiger charge is 2.26. The van der Waals surface area contributed by atoms with Crippen molar-refractivity contribution in [2.24, 2.45) is 0 Å².